The summed E-state index contributed by atoms with van der Waals surface area (Å²) in [4.78, 5) is 7.01. The van der Waals surface area contributed by atoms with Crippen molar-refractivity contribution in [1.29, 1.82) is 0 Å². The summed E-state index contributed by atoms with van der Waals surface area (Å²) in [6, 6.07) is 0. The summed E-state index contributed by atoms with van der Waals surface area (Å²) in [6.45, 7) is 0. The van der Waals surface area contributed by atoms with Crippen molar-refractivity contribution in [3.63, 3.8) is 0 Å². The van der Waals surface area contributed by atoms with Gasteiger partial charge < -0.3 is 10.2 Å². The molecule has 4 nitrogen and oxygen atoms in total. The molecule has 1 saturated heterocycles. The van der Waals surface area contributed by atoms with E-state index in [4.69, 9.17) is 10.2 Å². The normalized spacial score (nSPS) is 21.4. The average molecular weight is 398 g/mol. The third-order valence-corrected chi connectivity index (χ3v) is 0.232. The summed E-state index contributed by atoms with van der Waals surface area (Å²) in [5, 5.41) is 15.5. The number of hydrogen-bond donors (Lipinski definition) is 2. The van der Waals surface area contributed by atoms with Gasteiger partial charge in [-0.2, -0.15) is 0 Å². The number of rotatable bonds is 0. The predicted molar refractivity (Wildman–Crippen MR) is 19.3 cm³/mol. The molecule has 1 heterocycles. The third kappa shape index (κ3) is 5.33. The van der Waals surface area contributed by atoms with Crippen LogP contribution < -0.4 is 0 Å². The van der Waals surface area contributed by atoms with Crippen molar-refractivity contribution in [2.24, 2.45) is 0 Å². The predicted octanol–water partition coefficient (Wildman–Crippen LogP) is -2.64. The van der Waals surface area contributed by atoms with Crippen LogP contribution in [0, 0.1) is 0 Å². The molecule has 0 aliphatic carbocycles. The molecule has 0 bridgehead atoms. The van der Waals surface area contributed by atoms with E-state index in [2.05, 4.69) is 9.78 Å². The molecule has 1 aliphatic rings. The van der Waals surface area contributed by atoms with Gasteiger partial charge in [0.05, 0.1) is 0 Å². The van der Waals surface area contributed by atoms with E-state index >= 15 is 0 Å². The van der Waals surface area contributed by atoms with Crippen LogP contribution in [0.2, 0.25) is 0 Å². The SMILES string of the molecule is OC1(O)OO1.[Ag].[BiH3]. The Bertz CT molecular complexity index is 49.7. The van der Waals surface area contributed by atoms with Gasteiger partial charge in [-0.3, -0.25) is 0 Å². The monoisotopic (exact) mass is 397 g/mol. The summed E-state index contributed by atoms with van der Waals surface area (Å²) in [6.07, 6.45) is -2.25. The first-order valence-corrected chi connectivity index (χ1v) is 1.02. The Morgan fingerprint density at radius 3 is 1.29 bits per heavy atom. The van der Waals surface area contributed by atoms with Crippen LogP contribution >= 0.6 is 0 Å². The van der Waals surface area contributed by atoms with Gasteiger partial charge in [0.2, 0.25) is 0 Å². The van der Waals surface area contributed by atoms with Crippen LogP contribution in [0.25, 0.3) is 0 Å². The van der Waals surface area contributed by atoms with Crippen molar-refractivity contribution < 1.29 is 42.4 Å². The van der Waals surface area contributed by atoms with E-state index in [1.54, 1.807) is 0 Å². The Labute approximate surface area is 74.4 Å². The number of hydrogen-bond acceptors (Lipinski definition) is 4. The van der Waals surface area contributed by atoms with Crippen molar-refractivity contribution in [2.45, 2.75) is 6.16 Å². The van der Waals surface area contributed by atoms with Gasteiger partial charge in [0.1, 0.15) is 0 Å². The van der Waals surface area contributed by atoms with Crippen LogP contribution in [0.4, 0.5) is 0 Å². The molecular formula is CH5AgBiO4. The Morgan fingerprint density at radius 2 is 1.29 bits per heavy atom. The minimum atomic E-state index is -2.25. The minimum absolute atomic E-state index is 0. The van der Waals surface area contributed by atoms with Gasteiger partial charge >= 0.3 is 32.4 Å². The van der Waals surface area contributed by atoms with E-state index in [9.17, 15) is 0 Å². The molecule has 6 heteroatoms. The Morgan fingerprint density at radius 1 is 1.14 bits per heavy atom. The molecule has 1 rings (SSSR count). The van der Waals surface area contributed by atoms with Crippen molar-refractivity contribution in [1.82, 2.24) is 0 Å². The van der Waals surface area contributed by atoms with Crippen molar-refractivity contribution in [3.8, 4) is 0 Å². The first-order chi connectivity index (χ1) is 2.21. The summed E-state index contributed by atoms with van der Waals surface area (Å²) in [5.41, 5.74) is 0. The van der Waals surface area contributed by atoms with Gasteiger partial charge in [0.25, 0.3) is 0 Å². The first kappa shape index (κ1) is 11.3. The van der Waals surface area contributed by atoms with Crippen LogP contribution in [0.5, 0.6) is 0 Å². The van der Waals surface area contributed by atoms with Gasteiger partial charge in [-0.25, -0.2) is 0 Å². The molecule has 2 N–H and O–H groups in total. The van der Waals surface area contributed by atoms with Gasteiger partial charge in [-0.05, 0) is 0 Å². The van der Waals surface area contributed by atoms with Crippen LogP contribution in [0.15, 0.2) is 0 Å². The molecule has 0 aromatic rings. The van der Waals surface area contributed by atoms with Crippen molar-refractivity contribution in [3.05, 3.63) is 0 Å². The quantitative estimate of drug-likeness (QED) is 0.203. The second-order valence-electron chi connectivity index (χ2n) is 0.715. The van der Waals surface area contributed by atoms with Gasteiger partial charge in [0, 0.05) is 22.4 Å². The molecule has 0 aromatic heterocycles. The molecule has 1 fully saturated rings. The second kappa shape index (κ2) is 3.48. The summed E-state index contributed by atoms with van der Waals surface area (Å²) >= 11 is 0. The molecule has 7 heavy (non-hydrogen) atoms. The zero-order valence-corrected chi connectivity index (χ0v) is 10.2. The van der Waals surface area contributed by atoms with Gasteiger partial charge in [-0.1, -0.05) is 0 Å². The molecule has 0 saturated carbocycles. The Hall–Kier alpha value is 1.46. The second-order valence-corrected chi connectivity index (χ2v) is 0.715. The molecule has 49 valence electrons. The Balaban J connectivity index is 0. The standard InChI is InChI=1S/CH2O4.Ag.Bi.3H/c2-1(3)4-5-1;;;;;/h2-3H;;;;;. The first-order valence-electron chi connectivity index (χ1n) is 1.02. The topological polar surface area (TPSA) is 65.5 Å². The van der Waals surface area contributed by atoms with E-state index in [0.29, 0.717) is 0 Å². The van der Waals surface area contributed by atoms with Crippen LogP contribution in [0.3, 0.4) is 0 Å². The van der Waals surface area contributed by atoms with E-state index < -0.39 is 6.16 Å². The van der Waals surface area contributed by atoms with Gasteiger partial charge in [-0.15, -0.1) is 9.78 Å². The van der Waals surface area contributed by atoms with Crippen molar-refractivity contribution >= 4 is 26.2 Å². The maximum atomic E-state index is 7.74. The van der Waals surface area contributed by atoms with Crippen LogP contribution in [0.1, 0.15) is 0 Å². The fraction of sp³-hybridized carbons (Fsp3) is 1.00. The van der Waals surface area contributed by atoms with Crippen LogP contribution in [-0.2, 0) is 32.2 Å². The molecule has 0 amide bonds. The van der Waals surface area contributed by atoms with E-state index in [0.717, 1.165) is 0 Å². The summed E-state index contributed by atoms with van der Waals surface area (Å²) in [7, 11) is 0. The summed E-state index contributed by atoms with van der Waals surface area (Å²) in [5.74, 6) is 0. The van der Waals surface area contributed by atoms with E-state index in [-0.39, 0.29) is 48.6 Å². The third-order valence-electron chi connectivity index (χ3n) is 0.232. The van der Waals surface area contributed by atoms with E-state index in [1.807, 2.05) is 0 Å². The summed E-state index contributed by atoms with van der Waals surface area (Å²) < 4.78 is 0. The zero-order valence-electron chi connectivity index (χ0n) is 3.22. The van der Waals surface area contributed by atoms with Crippen molar-refractivity contribution in [2.75, 3.05) is 0 Å². The van der Waals surface area contributed by atoms with E-state index in [1.165, 1.54) is 0 Å². The zero-order chi connectivity index (χ0) is 3.91. The fourth-order valence-electron chi connectivity index (χ4n) is 0.0373. The molecule has 0 aromatic carbocycles. The molecular weight excluding hydrogens is 393 g/mol. The molecule has 0 atom stereocenters. The molecule has 0 spiro atoms. The van der Waals surface area contributed by atoms with Crippen LogP contribution in [-0.4, -0.2) is 42.6 Å². The van der Waals surface area contributed by atoms with Gasteiger partial charge in [0.15, 0.2) is 0 Å². The maximum absolute atomic E-state index is 7.74. The fourth-order valence-corrected chi connectivity index (χ4v) is 0.0373. The number of aliphatic hydroxyl groups is 2. The average Bonchev–Trinajstić information content (AvgIpc) is 1.76. The molecule has 1 aliphatic heterocycles. The Kier molecular flexibility index (Phi) is 5.61. The molecule has 1 radical (unpaired) electrons. The molecule has 0 unspecified atom stereocenters.